The second-order valence-corrected chi connectivity index (χ2v) is 4.99. The summed E-state index contributed by atoms with van der Waals surface area (Å²) in [5.41, 5.74) is 7.14. The lowest BCUT2D eigenvalue weighted by molar-refractivity contribution is -0.120. The van der Waals surface area contributed by atoms with Crippen LogP contribution in [0.1, 0.15) is 25.0 Å². The van der Waals surface area contributed by atoms with Gasteiger partial charge in [-0.3, -0.25) is 4.79 Å². The molecular formula is C14H22N4O2. The standard InChI is InChI=1S/C14H22N4O2/c1-10(2)7-17-13(19)9-16-8-11-4-3-5-12(6-11)14(15)18-20/h3-6,10,16,20H,7-9H2,1-2H3,(H2,15,18)(H,17,19). The Labute approximate surface area is 119 Å². The summed E-state index contributed by atoms with van der Waals surface area (Å²) in [6.07, 6.45) is 0. The Balaban J connectivity index is 2.40. The fourth-order valence-electron chi connectivity index (χ4n) is 1.60. The summed E-state index contributed by atoms with van der Waals surface area (Å²) in [4.78, 5) is 11.5. The first-order valence-electron chi connectivity index (χ1n) is 6.57. The molecule has 1 aromatic rings. The number of amidine groups is 1. The van der Waals surface area contributed by atoms with Crippen LogP contribution in [0.2, 0.25) is 0 Å². The normalized spacial score (nSPS) is 11.7. The van der Waals surface area contributed by atoms with Gasteiger partial charge in [-0.05, 0) is 17.5 Å². The lowest BCUT2D eigenvalue weighted by Crippen LogP contribution is -2.35. The number of benzene rings is 1. The summed E-state index contributed by atoms with van der Waals surface area (Å²) in [6, 6.07) is 7.30. The van der Waals surface area contributed by atoms with Crippen molar-refractivity contribution >= 4 is 11.7 Å². The molecule has 0 aliphatic heterocycles. The molecule has 1 rings (SSSR count). The quantitative estimate of drug-likeness (QED) is 0.254. The average molecular weight is 278 g/mol. The highest BCUT2D eigenvalue weighted by Crippen LogP contribution is 2.04. The molecule has 1 amide bonds. The van der Waals surface area contributed by atoms with E-state index in [4.69, 9.17) is 10.9 Å². The van der Waals surface area contributed by atoms with Crippen molar-refractivity contribution in [3.63, 3.8) is 0 Å². The Morgan fingerprint density at radius 1 is 1.45 bits per heavy atom. The maximum atomic E-state index is 11.5. The van der Waals surface area contributed by atoms with Crippen LogP contribution in [0.5, 0.6) is 0 Å². The number of amides is 1. The highest BCUT2D eigenvalue weighted by molar-refractivity contribution is 5.97. The van der Waals surface area contributed by atoms with E-state index >= 15 is 0 Å². The molecule has 0 saturated carbocycles. The fraction of sp³-hybridized carbons (Fsp3) is 0.429. The minimum atomic E-state index is -0.0220. The molecule has 0 spiro atoms. The maximum absolute atomic E-state index is 11.5. The molecule has 0 heterocycles. The van der Waals surface area contributed by atoms with Gasteiger partial charge in [0.1, 0.15) is 0 Å². The summed E-state index contributed by atoms with van der Waals surface area (Å²) in [7, 11) is 0. The van der Waals surface area contributed by atoms with Crippen LogP contribution in [0.25, 0.3) is 0 Å². The number of carbonyl (C=O) groups excluding carboxylic acids is 1. The van der Waals surface area contributed by atoms with Crippen molar-refractivity contribution < 1.29 is 10.0 Å². The maximum Gasteiger partial charge on any atom is 0.233 e. The number of rotatable bonds is 7. The van der Waals surface area contributed by atoms with E-state index in [-0.39, 0.29) is 18.3 Å². The monoisotopic (exact) mass is 278 g/mol. The van der Waals surface area contributed by atoms with Crippen LogP contribution in [0.3, 0.4) is 0 Å². The van der Waals surface area contributed by atoms with Gasteiger partial charge in [-0.1, -0.05) is 37.2 Å². The van der Waals surface area contributed by atoms with Crippen LogP contribution in [-0.4, -0.2) is 30.0 Å². The number of nitrogens with zero attached hydrogens (tertiary/aromatic N) is 1. The van der Waals surface area contributed by atoms with Gasteiger partial charge in [0.25, 0.3) is 0 Å². The zero-order valence-corrected chi connectivity index (χ0v) is 11.9. The third kappa shape index (κ3) is 5.71. The predicted octanol–water partition coefficient (Wildman–Crippen LogP) is 0.643. The molecule has 0 saturated heterocycles. The van der Waals surface area contributed by atoms with E-state index in [2.05, 4.69) is 15.8 Å². The van der Waals surface area contributed by atoms with Crippen LogP contribution in [0.4, 0.5) is 0 Å². The molecular weight excluding hydrogens is 256 g/mol. The second-order valence-electron chi connectivity index (χ2n) is 4.99. The number of hydrogen-bond donors (Lipinski definition) is 4. The van der Waals surface area contributed by atoms with E-state index in [0.29, 0.717) is 24.6 Å². The van der Waals surface area contributed by atoms with Crippen LogP contribution in [0, 0.1) is 5.92 Å². The molecule has 6 nitrogen and oxygen atoms in total. The van der Waals surface area contributed by atoms with Gasteiger partial charge in [0.2, 0.25) is 5.91 Å². The van der Waals surface area contributed by atoms with E-state index in [9.17, 15) is 4.79 Å². The third-order valence-electron chi connectivity index (χ3n) is 2.65. The molecule has 1 aromatic carbocycles. The van der Waals surface area contributed by atoms with Crippen molar-refractivity contribution in [3.8, 4) is 0 Å². The van der Waals surface area contributed by atoms with E-state index in [1.165, 1.54) is 0 Å². The molecule has 20 heavy (non-hydrogen) atoms. The van der Waals surface area contributed by atoms with Crippen molar-refractivity contribution in [1.82, 2.24) is 10.6 Å². The Morgan fingerprint density at radius 3 is 2.85 bits per heavy atom. The van der Waals surface area contributed by atoms with Gasteiger partial charge in [-0.25, -0.2) is 0 Å². The minimum absolute atomic E-state index is 0.0220. The Kier molecular flexibility index (Phi) is 6.52. The van der Waals surface area contributed by atoms with Gasteiger partial charge in [0.15, 0.2) is 5.84 Å². The molecule has 0 aliphatic carbocycles. The SMILES string of the molecule is CC(C)CNC(=O)CNCc1cccc(/C(N)=N/O)c1. The van der Waals surface area contributed by atoms with Crippen LogP contribution >= 0.6 is 0 Å². The second kappa shape index (κ2) is 8.16. The summed E-state index contributed by atoms with van der Waals surface area (Å²) < 4.78 is 0. The molecule has 0 radical (unpaired) electrons. The summed E-state index contributed by atoms with van der Waals surface area (Å²) >= 11 is 0. The van der Waals surface area contributed by atoms with E-state index < -0.39 is 0 Å². The Hall–Kier alpha value is -2.08. The van der Waals surface area contributed by atoms with E-state index in [0.717, 1.165) is 5.56 Å². The largest absolute Gasteiger partial charge is 0.409 e. The molecule has 6 heteroatoms. The lowest BCUT2D eigenvalue weighted by atomic mass is 10.1. The first-order chi connectivity index (χ1) is 9.52. The zero-order chi connectivity index (χ0) is 15.0. The van der Waals surface area contributed by atoms with Gasteiger partial charge in [-0.2, -0.15) is 0 Å². The highest BCUT2D eigenvalue weighted by Gasteiger charge is 2.03. The van der Waals surface area contributed by atoms with Gasteiger partial charge in [0, 0.05) is 18.7 Å². The summed E-state index contributed by atoms with van der Waals surface area (Å²) in [5.74, 6) is 0.490. The van der Waals surface area contributed by atoms with Crippen molar-refractivity contribution in [2.75, 3.05) is 13.1 Å². The first kappa shape index (κ1) is 16.0. The van der Waals surface area contributed by atoms with Crippen molar-refractivity contribution in [2.24, 2.45) is 16.8 Å². The molecule has 110 valence electrons. The number of carbonyl (C=O) groups is 1. The number of hydrogen-bond acceptors (Lipinski definition) is 4. The summed E-state index contributed by atoms with van der Waals surface area (Å²) in [6.45, 7) is 5.58. The molecule has 0 fully saturated rings. The van der Waals surface area contributed by atoms with Crippen molar-refractivity contribution in [2.45, 2.75) is 20.4 Å². The molecule has 0 aromatic heterocycles. The molecule has 5 N–H and O–H groups in total. The Morgan fingerprint density at radius 2 is 2.20 bits per heavy atom. The number of nitrogens with two attached hydrogens (primary N) is 1. The van der Waals surface area contributed by atoms with Crippen molar-refractivity contribution in [1.29, 1.82) is 0 Å². The average Bonchev–Trinajstić information content (AvgIpc) is 2.44. The van der Waals surface area contributed by atoms with Gasteiger partial charge in [-0.15, -0.1) is 0 Å². The third-order valence-corrected chi connectivity index (χ3v) is 2.65. The van der Waals surface area contributed by atoms with Crippen LogP contribution in [-0.2, 0) is 11.3 Å². The highest BCUT2D eigenvalue weighted by atomic mass is 16.4. The fourth-order valence-corrected chi connectivity index (χ4v) is 1.60. The van der Waals surface area contributed by atoms with Crippen LogP contribution < -0.4 is 16.4 Å². The lowest BCUT2D eigenvalue weighted by Gasteiger charge is -2.09. The van der Waals surface area contributed by atoms with Crippen LogP contribution in [0.15, 0.2) is 29.4 Å². The van der Waals surface area contributed by atoms with E-state index in [1.807, 2.05) is 32.0 Å². The number of oxime groups is 1. The predicted molar refractivity (Wildman–Crippen MR) is 78.5 cm³/mol. The smallest absolute Gasteiger partial charge is 0.233 e. The van der Waals surface area contributed by atoms with Crippen molar-refractivity contribution in [3.05, 3.63) is 35.4 Å². The minimum Gasteiger partial charge on any atom is -0.409 e. The molecule has 0 unspecified atom stereocenters. The molecule has 0 atom stereocenters. The van der Waals surface area contributed by atoms with Gasteiger partial charge >= 0.3 is 0 Å². The zero-order valence-electron chi connectivity index (χ0n) is 11.9. The molecule has 0 aliphatic rings. The van der Waals surface area contributed by atoms with E-state index in [1.54, 1.807) is 6.07 Å². The summed E-state index contributed by atoms with van der Waals surface area (Å²) in [5, 5.41) is 17.5. The van der Waals surface area contributed by atoms with Gasteiger partial charge < -0.3 is 21.6 Å². The number of nitrogens with one attached hydrogen (secondary N) is 2. The first-order valence-corrected chi connectivity index (χ1v) is 6.57. The Bertz CT molecular complexity index is 472. The topological polar surface area (TPSA) is 99.7 Å². The molecule has 0 bridgehead atoms. The van der Waals surface area contributed by atoms with Gasteiger partial charge in [0.05, 0.1) is 6.54 Å².